The lowest BCUT2D eigenvalue weighted by molar-refractivity contribution is 0.601. The van der Waals surface area contributed by atoms with Crippen molar-refractivity contribution in [1.82, 2.24) is 4.98 Å². The lowest BCUT2D eigenvalue weighted by atomic mass is 10.1. The van der Waals surface area contributed by atoms with E-state index in [0.717, 1.165) is 36.1 Å². The molecular weight excluding hydrogens is 306 g/mol. The van der Waals surface area contributed by atoms with Gasteiger partial charge in [-0.25, -0.2) is 13.4 Å². The number of hydrogen-bond donors (Lipinski definition) is 2. The Balaban J connectivity index is 1.95. The number of hydrogen-bond acceptors (Lipinski definition) is 5. The zero-order valence-corrected chi connectivity index (χ0v) is 13.6. The van der Waals surface area contributed by atoms with Crippen LogP contribution in [0.5, 0.6) is 0 Å². The average molecular weight is 323 g/mol. The lowest BCUT2D eigenvalue weighted by Gasteiger charge is -2.10. The van der Waals surface area contributed by atoms with Gasteiger partial charge in [0.2, 0.25) is 0 Å². The summed E-state index contributed by atoms with van der Waals surface area (Å²) in [6, 6.07) is 3.29. The second kappa shape index (κ2) is 4.99. The number of aryl methyl sites for hydroxylation is 4. The minimum absolute atomic E-state index is 0.112. The molecule has 0 aliphatic heterocycles. The molecule has 0 atom stereocenters. The monoisotopic (exact) mass is 323 g/mol. The Morgan fingerprint density at radius 3 is 2.67 bits per heavy atom. The van der Waals surface area contributed by atoms with Gasteiger partial charge in [0.25, 0.3) is 10.0 Å². The topological polar surface area (TPSA) is 85.1 Å². The van der Waals surface area contributed by atoms with E-state index < -0.39 is 10.0 Å². The van der Waals surface area contributed by atoms with Crippen LogP contribution >= 0.6 is 11.3 Å². The molecule has 0 spiro atoms. The average Bonchev–Trinajstić information content (AvgIpc) is 2.93. The molecule has 2 aromatic rings. The molecule has 1 aromatic heterocycles. The van der Waals surface area contributed by atoms with Gasteiger partial charge in [0.15, 0.2) is 5.13 Å². The summed E-state index contributed by atoms with van der Waals surface area (Å²) in [5.74, 6) is 0. The first-order chi connectivity index (χ1) is 9.87. The maximum Gasteiger partial charge on any atom is 0.265 e. The van der Waals surface area contributed by atoms with Gasteiger partial charge in [-0.2, -0.15) is 0 Å². The number of nitrogen functional groups attached to an aromatic ring is 1. The highest BCUT2D eigenvalue weighted by Gasteiger charge is 2.23. The fourth-order valence-corrected chi connectivity index (χ4v) is 4.93. The molecule has 0 saturated heterocycles. The van der Waals surface area contributed by atoms with Crippen molar-refractivity contribution in [2.75, 3.05) is 10.5 Å². The molecular formula is C14H17N3O2S2. The van der Waals surface area contributed by atoms with Crippen LogP contribution in [0.1, 0.15) is 28.1 Å². The van der Waals surface area contributed by atoms with Crippen molar-refractivity contribution in [3.63, 3.8) is 0 Å². The smallest absolute Gasteiger partial charge is 0.265 e. The zero-order valence-electron chi connectivity index (χ0n) is 11.9. The van der Waals surface area contributed by atoms with Crippen LogP contribution in [0.25, 0.3) is 0 Å². The fourth-order valence-electron chi connectivity index (χ4n) is 2.45. The predicted molar refractivity (Wildman–Crippen MR) is 85.3 cm³/mol. The zero-order chi connectivity index (χ0) is 15.2. The molecule has 1 heterocycles. The van der Waals surface area contributed by atoms with Crippen LogP contribution in [0.4, 0.5) is 10.8 Å². The molecule has 0 fully saturated rings. The molecule has 0 saturated carbocycles. The van der Waals surface area contributed by atoms with Crippen LogP contribution in [0.2, 0.25) is 0 Å². The first-order valence-electron chi connectivity index (χ1n) is 6.75. The number of anilines is 2. The number of benzene rings is 1. The lowest BCUT2D eigenvalue weighted by Crippen LogP contribution is -2.15. The molecule has 7 heteroatoms. The molecule has 1 aromatic carbocycles. The molecule has 1 aliphatic rings. The number of nitrogens with zero attached hydrogens (tertiary/aromatic N) is 1. The fraction of sp³-hybridized carbons (Fsp3) is 0.357. The Kier molecular flexibility index (Phi) is 3.41. The first-order valence-corrected chi connectivity index (χ1v) is 9.05. The van der Waals surface area contributed by atoms with Gasteiger partial charge in [-0.3, -0.25) is 4.72 Å². The molecule has 0 unspecified atom stereocenters. The van der Waals surface area contributed by atoms with E-state index in [0.29, 0.717) is 5.13 Å². The maximum absolute atomic E-state index is 12.5. The summed E-state index contributed by atoms with van der Waals surface area (Å²) in [5, 5.41) is 0.428. The van der Waals surface area contributed by atoms with E-state index in [1.54, 1.807) is 12.1 Å². The molecule has 112 valence electrons. The van der Waals surface area contributed by atoms with Crippen molar-refractivity contribution in [3.8, 4) is 0 Å². The van der Waals surface area contributed by atoms with Crippen molar-refractivity contribution in [1.29, 1.82) is 0 Å². The quantitative estimate of drug-likeness (QED) is 0.850. The SMILES string of the molecule is Cc1cc(N)c(S(=O)(=O)Nc2nc3c(s2)CCC3)cc1C. The summed E-state index contributed by atoms with van der Waals surface area (Å²) in [5.41, 5.74) is 9.01. The van der Waals surface area contributed by atoms with Gasteiger partial charge in [0.1, 0.15) is 4.90 Å². The van der Waals surface area contributed by atoms with Gasteiger partial charge in [-0.1, -0.05) is 0 Å². The van der Waals surface area contributed by atoms with E-state index in [-0.39, 0.29) is 10.6 Å². The van der Waals surface area contributed by atoms with E-state index in [2.05, 4.69) is 9.71 Å². The van der Waals surface area contributed by atoms with Gasteiger partial charge in [-0.15, -0.1) is 11.3 Å². The largest absolute Gasteiger partial charge is 0.398 e. The first kappa shape index (κ1) is 14.3. The molecule has 3 rings (SSSR count). The van der Waals surface area contributed by atoms with Crippen LogP contribution < -0.4 is 10.5 Å². The number of aromatic nitrogens is 1. The molecule has 21 heavy (non-hydrogen) atoms. The molecule has 1 aliphatic carbocycles. The highest BCUT2D eigenvalue weighted by atomic mass is 32.2. The van der Waals surface area contributed by atoms with Gasteiger partial charge in [0.05, 0.1) is 11.4 Å². The highest BCUT2D eigenvalue weighted by molar-refractivity contribution is 7.93. The molecule has 0 radical (unpaired) electrons. The van der Waals surface area contributed by atoms with Crippen LogP contribution in [0.3, 0.4) is 0 Å². The van der Waals surface area contributed by atoms with Crippen LogP contribution in [0, 0.1) is 13.8 Å². The minimum atomic E-state index is -3.70. The third kappa shape index (κ3) is 2.63. The Morgan fingerprint density at radius 1 is 1.24 bits per heavy atom. The molecule has 0 amide bonds. The maximum atomic E-state index is 12.5. The van der Waals surface area contributed by atoms with Gasteiger partial charge < -0.3 is 5.73 Å². The predicted octanol–water partition coefficient (Wildman–Crippen LogP) is 2.63. The molecule has 3 N–H and O–H groups in total. The number of nitrogens with one attached hydrogen (secondary N) is 1. The number of rotatable bonds is 3. The van der Waals surface area contributed by atoms with Crippen LogP contribution in [-0.4, -0.2) is 13.4 Å². The van der Waals surface area contributed by atoms with E-state index in [1.807, 2.05) is 13.8 Å². The van der Waals surface area contributed by atoms with E-state index >= 15 is 0 Å². The Hall–Kier alpha value is -1.60. The van der Waals surface area contributed by atoms with E-state index in [4.69, 9.17) is 5.73 Å². The summed E-state index contributed by atoms with van der Waals surface area (Å²) in [6.07, 6.45) is 3.02. The van der Waals surface area contributed by atoms with Gasteiger partial charge in [-0.05, 0) is 56.4 Å². The third-order valence-electron chi connectivity index (χ3n) is 3.73. The van der Waals surface area contributed by atoms with Crippen molar-refractivity contribution in [2.45, 2.75) is 38.0 Å². The van der Waals surface area contributed by atoms with E-state index in [1.165, 1.54) is 16.2 Å². The van der Waals surface area contributed by atoms with Crippen molar-refractivity contribution in [3.05, 3.63) is 33.8 Å². The normalized spacial score (nSPS) is 14.2. The van der Waals surface area contributed by atoms with Crippen LogP contribution in [0.15, 0.2) is 17.0 Å². The summed E-state index contributed by atoms with van der Waals surface area (Å²) in [7, 11) is -3.70. The van der Waals surface area contributed by atoms with Crippen molar-refractivity contribution in [2.24, 2.45) is 0 Å². The Bertz CT molecular complexity index is 788. The van der Waals surface area contributed by atoms with Crippen molar-refractivity contribution < 1.29 is 8.42 Å². The number of sulfonamides is 1. The van der Waals surface area contributed by atoms with Crippen molar-refractivity contribution >= 4 is 32.2 Å². The third-order valence-corrected chi connectivity index (χ3v) is 6.33. The summed E-state index contributed by atoms with van der Waals surface area (Å²) in [6.45, 7) is 3.77. The summed E-state index contributed by atoms with van der Waals surface area (Å²) >= 11 is 1.41. The minimum Gasteiger partial charge on any atom is -0.398 e. The Morgan fingerprint density at radius 2 is 1.95 bits per heavy atom. The van der Waals surface area contributed by atoms with Gasteiger partial charge in [0, 0.05) is 4.88 Å². The summed E-state index contributed by atoms with van der Waals surface area (Å²) < 4.78 is 27.5. The standard InChI is InChI=1S/C14H17N3O2S2/c1-8-6-10(15)13(7-9(8)2)21(18,19)17-14-16-11-4-3-5-12(11)20-14/h6-7H,3-5,15H2,1-2H3,(H,16,17). The number of nitrogens with two attached hydrogens (primary N) is 1. The summed E-state index contributed by atoms with van der Waals surface area (Å²) in [4.78, 5) is 5.65. The second-order valence-corrected chi connectivity index (χ2v) is 8.06. The molecule has 0 bridgehead atoms. The second-order valence-electron chi connectivity index (χ2n) is 5.32. The Labute approximate surface area is 128 Å². The van der Waals surface area contributed by atoms with Gasteiger partial charge >= 0.3 is 0 Å². The van der Waals surface area contributed by atoms with E-state index in [9.17, 15) is 8.42 Å². The van der Waals surface area contributed by atoms with Crippen LogP contribution in [-0.2, 0) is 22.9 Å². The number of thiazole rings is 1. The highest BCUT2D eigenvalue weighted by Crippen LogP contribution is 2.32. The number of fused-ring (bicyclic) bond motifs is 1. The molecule has 5 nitrogen and oxygen atoms in total.